The molecule has 58 valence electrons. The smallest absolute Gasteiger partial charge is 0.279 e. The third-order valence-electron chi connectivity index (χ3n) is 0.794. The van der Waals surface area contributed by atoms with Gasteiger partial charge in [-0.2, -0.15) is 5.16 Å². The average molecular weight is 170 g/mol. The summed E-state index contributed by atoms with van der Waals surface area (Å²) < 4.78 is 4.28. The van der Waals surface area contributed by atoms with Crippen LogP contribution >= 0.6 is 11.3 Å². The van der Waals surface area contributed by atoms with Crippen LogP contribution in [0.25, 0.3) is 0 Å². The Labute approximate surface area is 66.5 Å². The summed E-state index contributed by atoms with van der Waals surface area (Å²) in [6.45, 7) is 0. The molecule has 2 aromatic heterocycles. The molecule has 0 saturated carbocycles. The lowest BCUT2D eigenvalue weighted by molar-refractivity contribution is 0.413. The van der Waals surface area contributed by atoms with E-state index in [0.29, 0.717) is 0 Å². The number of H-pyrrole nitrogens is 1. The third kappa shape index (κ3) is 3.36. The summed E-state index contributed by atoms with van der Waals surface area (Å²) in [6, 6.07) is 1.31. The van der Waals surface area contributed by atoms with E-state index in [0.717, 1.165) is 0 Å². The number of thiazole rings is 1. The molecule has 2 heterocycles. The van der Waals surface area contributed by atoms with Crippen molar-refractivity contribution >= 4 is 11.3 Å². The van der Waals surface area contributed by atoms with E-state index in [9.17, 15) is 4.79 Å². The second kappa shape index (κ2) is 4.45. The number of nitrogens with one attached hydrogen (secondary N) is 1. The first kappa shape index (κ1) is 7.74. The van der Waals surface area contributed by atoms with E-state index in [-0.39, 0.29) is 5.56 Å². The monoisotopic (exact) mass is 170 g/mol. The van der Waals surface area contributed by atoms with Crippen molar-refractivity contribution in [2.45, 2.75) is 0 Å². The zero-order valence-corrected chi connectivity index (χ0v) is 6.38. The van der Waals surface area contributed by atoms with E-state index in [1.165, 1.54) is 12.3 Å². The minimum atomic E-state index is -0.199. The Morgan fingerprint density at radius 3 is 2.73 bits per heavy atom. The van der Waals surface area contributed by atoms with Crippen LogP contribution in [0.15, 0.2) is 38.7 Å². The quantitative estimate of drug-likeness (QED) is 0.644. The number of hydrogen-bond acceptors (Lipinski definition) is 4. The summed E-state index contributed by atoms with van der Waals surface area (Å²) in [5, 5.41) is 4.00. The van der Waals surface area contributed by atoms with Crippen molar-refractivity contribution < 1.29 is 4.52 Å². The second-order valence-electron chi connectivity index (χ2n) is 1.56. The molecule has 4 nitrogen and oxygen atoms in total. The van der Waals surface area contributed by atoms with Gasteiger partial charge in [0.15, 0.2) is 0 Å². The number of aromatic amines is 1. The highest BCUT2D eigenvalue weighted by atomic mass is 32.1. The molecule has 0 fully saturated rings. The van der Waals surface area contributed by atoms with Gasteiger partial charge in [0.2, 0.25) is 0 Å². The maximum absolute atomic E-state index is 9.92. The number of hydrogen-bond donors (Lipinski definition) is 1. The minimum Gasteiger partial charge on any atom is -0.387 e. The molecular weight excluding hydrogens is 164 g/mol. The van der Waals surface area contributed by atoms with Crippen LogP contribution in [0, 0.1) is 0 Å². The summed E-state index contributed by atoms with van der Waals surface area (Å²) in [4.78, 5) is 13.7. The molecule has 2 rings (SSSR count). The normalized spacial score (nSPS) is 8.36. The SMILES string of the molecule is O=c1cco[nH]1.c1cscn1. The van der Waals surface area contributed by atoms with Crippen LogP contribution in [0.3, 0.4) is 0 Å². The van der Waals surface area contributed by atoms with Gasteiger partial charge in [-0.25, -0.2) is 0 Å². The fourth-order valence-corrected chi connectivity index (χ4v) is 0.749. The Balaban J connectivity index is 0.000000112. The maximum atomic E-state index is 9.92. The molecule has 0 atom stereocenters. The highest BCUT2D eigenvalue weighted by molar-refractivity contribution is 7.07. The lowest BCUT2D eigenvalue weighted by Gasteiger charge is -1.54. The molecule has 11 heavy (non-hydrogen) atoms. The first-order valence-corrected chi connectivity index (χ1v) is 3.78. The largest absolute Gasteiger partial charge is 0.387 e. The summed E-state index contributed by atoms with van der Waals surface area (Å²) in [6.07, 6.45) is 3.06. The molecule has 0 bridgehead atoms. The molecule has 0 aliphatic rings. The Hall–Kier alpha value is -1.36. The first-order chi connectivity index (χ1) is 5.39. The predicted molar refractivity (Wildman–Crippen MR) is 41.4 cm³/mol. The minimum absolute atomic E-state index is 0.199. The van der Waals surface area contributed by atoms with Crippen LogP contribution in [0.5, 0.6) is 0 Å². The summed E-state index contributed by atoms with van der Waals surface area (Å²) >= 11 is 1.60. The van der Waals surface area contributed by atoms with Crippen LogP contribution in [-0.4, -0.2) is 10.1 Å². The molecular formula is C6H6N2O2S. The van der Waals surface area contributed by atoms with E-state index >= 15 is 0 Å². The van der Waals surface area contributed by atoms with Crippen LogP contribution in [0.2, 0.25) is 0 Å². The van der Waals surface area contributed by atoms with Gasteiger partial charge in [-0.15, -0.1) is 11.3 Å². The predicted octanol–water partition coefficient (Wildman–Crippen LogP) is 1.11. The standard InChI is InChI=1S/C3H3NO2.C3H3NS/c5-3-1-2-6-4-3;1-2-5-3-4-1/h1-2H,(H,4,5);1-3H. The Morgan fingerprint density at radius 2 is 2.55 bits per heavy atom. The fourth-order valence-electron chi connectivity index (χ4n) is 0.398. The third-order valence-corrected chi connectivity index (χ3v) is 1.32. The Kier molecular flexibility index (Phi) is 3.14. The van der Waals surface area contributed by atoms with Crippen molar-refractivity contribution in [3.8, 4) is 0 Å². The van der Waals surface area contributed by atoms with E-state index in [1.54, 1.807) is 23.0 Å². The van der Waals surface area contributed by atoms with Gasteiger partial charge in [0.05, 0.1) is 5.51 Å². The maximum Gasteiger partial charge on any atom is 0.279 e. The summed E-state index contributed by atoms with van der Waals surface area (Å²) in [7, 11) is 0. The second-order valence-corrected chi connectivity index (χ2v) is 2.32. The van der Waals surface area contributed by atoms with Crippen molar-refractivity contribution in [2.24, 2.45) is 0 Å². The Morgan fingerprint density at radius 1 is 1.64 bits per heavy atom. The molecule has 0 spiro atoms. The van der Waals surface area contributed by atoms with Crippen molar-refractivity contribution in [1.29, 1.82) is 0 Å². The van der Waals surface area contributed by atoms with Gasteiger partial charge in [-0.05, 0) is 0 Å². The van der Waals surface area contributed by atoms with Crippen LogP contribution in [-0.2, 0) is 0 Å². The molecule has 1 N–H and O–H groups in total. The molecule has 2 aromatic rings. The van der Waals surface area contributed by atoms with Crippen molar-refractivity contribution in [3.63, 3.8) is 0 Å². The zero-order chi connectivity index (χ0) is 7.94. The fraction of sp³-hybridized carbons (Fsp3) is 0. The molecule has 0 aromatic carbocycles. The van der Waals surface area contributed by atoms with E-state index in [2.05, 4.69) is 14.7 Å². The van der Waals surface area contributed by atoms with E-state index < -0.39 is 0 Å². The zero-order valence-electron chi connectivity index (χ0n) is 5.56. The van der Waals surface area contributed by atoms with Crippen LogP contribution in [0.1, 0.15) is 0 Å². The van der Waals surface area contributed by atoms with E-state index in [1.807, 2.05) is 5.38 Å². The van der Waals surface area contributed by atoms with Crippen molar-refractivity contribution in [1.82, 2.24) is 10.1 Å². The highest BCUT2D eigenvalue weighted by Crippen LogP contribution is 1.85. The number of aromatic nitrogens is 2. The molecule has 0 aliphatic carbocycles. The molecule has 0 aliphatic heterocycles. The average Bonchev–Trinajstić information content (AvgIpc) is 2.57. The highest BCUT2D eigenvalue weighted by Gasteiger charge is 1.73. The first-order valence-electron chi connectivity index (χ1n) is 2.84. The van der Waals surface area contributed by atoms with Gasteiger partial charge in [-0.1, -0.05) is 0 Å². The molecule has 0 radical (unpaired) electrons. The number of rotatable bonds is 0. The molecule has 0 amide bonds. The van der Waals surface area contributed by atoms with Crippen LogP contribution in [0.4, 0.5) is 0 Å². The van der Waals surface area contributed by atoms with Gasteiger partial charge >= 0.3 is 0 Å². The topological polar surface area (TPSA) is 58.9 Å². The van der Waals surface area contributed by atoms with Gasteiger partial charge in [0, 0.05) is 17.6 Å². The summed E-state index contributed by atoms with van der Waals surface area (Å²) in [5.41, 5.74) is 1.59. The lowest BCUT2D eigenvalue weighted by Crippen LogP contribution is -1.91. The van der Waals surface area contributed by atoms with Gasteiger partial charge in [0.25, 0.3) is 5.56 Å². The van der Waals surface area contributed by atoms with Gasteiger partial charge in [-0.3, -0.25) is 9.78 Å². The Bertz CT molecular complexity index is 277. The molecule has 5 heteroatoms. The van der Waals surface area contributed by atoms with E-state index in [4.69, 9.17) is 0 Å². The van der Waals surface area contributed by atoms with Crippen LogP contribution < -0.4 is 5.56 Å². The molecule has 0 saturated heterocycles. The lowest BCUT2D eigenvalue weighted by atomic mass is 10.8. The van der Waals surface area contributed by atoms with Crippen molar-refractivity contribution in [3.05, 3.63) is 39.8 Å². The molecule has 0 unspecified atom stereocenters. The van der Waals surface area contributed by atoms with Gasteiger partial charge < -0.3 is 4.52 Å². The summed E-state index contributed by atoms with van der Waals surface area (Å²) in [5.74, 6) is 0. The van der Waals surface area contributed by atoms with Gasteiger partial charge in [0.1, 0.15) is 6.26 Å². The number of nitrogens with zero attached hydrogens (tertiary/aromatic N) is 1. The van der Waals surface area contributed by atoms with Crippen molar-refractivity contribution in [2.75, 3.05) is 0 Å².